The Morgan fingerprint density at radius 3 is 2.34 bits per heavy atom. The van der Waals surface area contributed by atoms with Gasteiger partial charge in [-0.05, 0) is 46.8 Å². The normalized spacial score (nSPS) is 12.1. The summed E-state index contributed by atoms with van der Waals surface area (Å²) in [6.45, 7) is 0. The molecule has 0 aliphatic carbocycles. The maximum atomic E-state index is 13.2. The number of carbonyl (C=O) groups is 2. The fourth-order valence-electron chi connectivity index (χ4n) is 2.94. The molecule has 0 saturated heterocycles. The van der Waals surface area contributed by atoms with E-state index in [1.54, 1.807) is 35.7 Å². The van der Waals surface area contributed by atoms with E-state index in [9.17, 15) is 22.4 Å². The van der Waals surface area contributed by atoms with Gasteiger partial charge in [-0.25, -0.2) is 12.8 Å². The summed E-state index contributed by atoms with van der Waals surface area (Å²) >= 11 is 1.11. The number of thiophene rings is 1. The number of carbonyl (C=O) groups excluding carboxylic acids is 2. The Bertz CT molecular complexity index is 1160. The zero-order valence-corrected chi connectivity index (χ0v) is 18.7. The number of hydrogen-bond donors (Lipinski definition) is 2. The molecule has 2 aromatic carbocycles. The van der Waals surface area contributed by atoms with Crippen LogP contribution < -0.4 is 10.0 Å². The molecular weight excluding hydrogens is 455 g/mol. The molecule has 0 radical (unpaired) electrons. The molecule has 7 nitrogen and oxygen atoms in total. The maximum absolute atomic E-state index is 13.2. The minimum atomic E-state index is -3.65. The zero-order valence-electron chi connectivity index (χ0n) is 17.1. The molecule has 0 bridgehead atoms. The van der Waals surface area contributed by atoms with E-state index in [1.165, 1.54) is 37.4 Å². The molecule has 0 saturated carbocycles. The lowest BCUT2D eigenvalue weighted by Crippen LogP contribution is -2.31. The average molecular weight is 477 g/mol. The highest BCUT2D eigenvalue weighted by Crippen LogP contribution is 2.21. The summed E-state index contributed by atoms with van der Waals surface area (Å²) in [4.78, 5) is 24.3. The smallest absolute Gasteiger partial charge is 0.307 e. The Hall–Kier alpha value is -3.24. The van der Waals surface area contributed by atoms with Crippen LogP contribution in [0.25, 0.3) is 0 Å². The number of esters is 1. The second-order valence-corrected chi connectivity index (χ2v) is 9.72. The van der Waals surface area contributed by atoms with Crippen molar-refractivity contribution in [1.29, 1.82) is 0 Å². The van der Waals surface area contributed by atoms with E-state index in [2.05, 4.69) is 14.8 Å². The van der Waals surface area contributed by atoms with Crippen molar-refractivity contribution < 1.29 is 27.1 Å². The second-order valence-electron chi connectivity index (χ2n) is 6.86. The van der Waals surface area contributed by atoms with Crippen LogP contribution in [0.4, 0.5) is 10.1 Å². The highest BCUT2D eigenvalue weighted by atomic mass is 32.2. The minimum absolute atomic E-state index is 0.0107. The monoisotopic (exact) mass is 476 g/mol. The van der Waals surface area contributed by atoms with Gasteiger partial charge in [-0.3, -0.25) is 14.3 Å². The third kappa shape index (κ3) is 6.38. The van der Waals surface area contributed by atoms with Gasteiger partial charge in [-0.15, -0.1) is 11.3 Å². The Morgan fingerprint density at radius 2 is 1.75 bits per heavy atom. The zero-order chi connectivity index (χ0) is 23.1. The van der Waals surface area contributed by atoms with Gasteiger partial charge >= 0.3 is 5.97 Å². The van der Waals surface area contributed by atoms with Crippen LogP contribution in [0, 0.1) is 5.82 Å². The van der Waals surface area contributed by atoms with Crippen LogP contribution >= 0.6 is 11.3 Å². The number of hydrogen-bond acceptors (Lipinski definition) is 6. The van der Waals surface area contributed by atoms with Crippen LogP contribution in [-0.2, 0) is 30.8 Å². The molecule has 3 rings (SSSR count). The lowest BCUT2D eigenvalue weighted by atomic mass is 10.0. The quantitative estimate of drug-likeness (QED) is 0.459. The summed E-state index contributed by atoms with van der Waals surface area (Å²) < 4.78 is 45.2. The molecule has 0 spiro atoms. The number of methoxy groups -OCH3 is 1. The fourth-order valence-corrected chi connectivity index (χ4v) is 4.99. The van der Waals surface area contributed by atoms with Crippen molar-refractivity contribution in [3.63, 3.8) is 0 Å². The van der Waals surface area contributed by atoms with Crippen molar-refractivity contribution in [2.45, 2.75) is 23.1 Å². The van der Waals surface area contributed by atoms with Gasteiger partial charge in [0.2, 0.25) is 5.91 Å². The van der Waals surface area contributed by atoms with Gasteiger partial charge in [0, 0.05) is 5.69 Å². The van der Waals surface area contributed by atoms with Crippen LogP contribution in [0.2, 0.25) is 0 Å². The molecule has 1 heterocycles. The van der Waals surface area contributed by atoms with E-state index in [1.807, 2.05) is 0 Å². The first-order valence-corrected chi connectivity index (χ1v) is 11.9. The molecule has 1 aromatic heterocycles. The lowest BCUT2D eigenvalue weighted by molar-refractivity contribution is -0.141. The van der Waals surface area contributed by atoms with Gasteiger partial charge in [-0.1, -0.05) is 30.3 Å². The molecule has 0 fully saturated rings. The van der Waals surface area contributed by atoms with Crippen molar-refractivity contribution in [3.05, 3.63) is 83.0 Å². The van der Waals surface area contributed by atoms with Gasteiger partial charge in [0.1, 0.15) is 10.0 Å². The molecule has 0 aliphatic rings. The van der Waals surface area contributed by atoms with E-state index in [0.717, 1.165) is 11.3 Å². The first kappa shape index (κ1) is 23.4. The number of anilines is 1. The van der Waals surface area contributed by atoms with Gasteiger partial charge in [0.25, 0.3) is 10.0 Å². The van der Waals surface area contributed by atoms with Crippen LogP contribution in [0.3, 0.4) is 0 Å². The van der Waals surface area contributed by atoms with Crippen molar-refractivity contribution >= 4 is 38.9 Å². The van der Waals surface area contributed by atoms with Gasteiger partial charge < -0.3 is 10.1 Å². The lowest BCUT2D eigenvalue weighted by Gasteiger charge is -2.18. The number of rotatable bonds is 9. The van der Waals surface area contributed by atoms with Crippen molar-refractivity contribution in [2.24, 2.45) is 0 Å². The van der Waals surface area contributed by atoms with E-state index in [-0.39, 0.29) is 23.0 Å². The minimum Gasteiger partial charge on any atom is -0.469 e. The molecule has 1 amide bonds. The standard InChI is InChI=1S/C22H21FN2O5S2/c1-30-21(27)14-19(16-6-8-17(23)9-7-16)24-20(26)13-15-4-10-18(11-5-15)25-32(28,29)22-3-2-12-31-22/h2-12,19,25H,13-14H2,1H3,(H,24,26). The number of nitrogens with one attached hydrogen (secondary N) is 2. The molecular formula is C22H21FN2O5S2. The van der Waals surface area contributed by atoms with Crippen LogP contribution in [0.15, 0.2) is 70.3 Å². The van der Waals surface area contributed by atoms with Crippen molar-refractivity contribution in [3.8, 4) is 0 Å². The van der Waals surface area contributed by atoms with Crippen molar-refractivity contribution in [2.75, 3.05) is 11.8 Å². The first-order valence-electron chi connectivity index (χ1n) is 9.54. The van der Waals surface area contributed by atoms with Crippen LogP contribution in [0.5, 0.6) is 0 Å². The summed E-state index contributed by atoms with van der Waals surface area (Å²) in [6, 6.07) is 14.4. The third-order valence-electron chi connectivity index (χ3n) is 4.54. The molecule has 0 aliphatic heterocycles. The van der Waals surface area contributed by atoms with Crippen molar-refractivity contribution in [1.82, 2.24) is 5.32 Å². The molecule has 3 aromatic rings. The number of benzene rings is 2. The Morgan fingerprint density at radius 1 is 1.06 bits per heavy atom. The van der Waals surface area contributed by atoms with Gasteiger partial charge in [0.15, 0.2) is 0 Å². The highest BCUT2D eigenvalue weighted by Gasteiger charge is 2.20. The molecule has 1 unspecified atom stereocenters. The van der Waals surface area contributed by atoms with Crippen LogP contribution in [0.1, 0.15) is 23.6 Å². The van der Waals surface area contributed by atoms with Gasteiger partial charge in [0.05, 0.1) is 26.0 Å². The topological polar surface area (TPSA) is 102 Å². The van der Waals surface area contributed by atoms with E-state index in [4.69, 9.17) is 0 Å². The Kier molecular flexibility index (Phi) is 7.60. The molecule has 168 valence electrons. The summed E-state index contributed by atoms with van der Waals surface area (Å²) in [5.41, 5.74) is 1.60. The number of sulfonamides is 1. The summed E-state index contributed by atoms with van der Waals surface area (Å²) in [7, 11) is -2.40. The van der Waals surface area contributed by atoms with E-state index >= 15 is 0 Å². The van der Waals surface area contributed by atoms with E-state index < -0.39 is 27.9 Å². The number of ether oxygens (including phenoxy) is 1. The SMILES string of the molecule is COC(=O)CC(NC(=O)Cc1ccc(NS(=O)(=O)c2cccs2)cc1)c1ccc(F)cc1. The average Bonchev–Trinajstić information content (AvgIpc) is 3.31. The predicted molar refractivity (Wildman–Crippen MR) is 119 cm³/mol. The maximum Gasteiger partial charge on any atom is 0.307 e. The Balaban J connectivity index is 1.64. The largest absolute Gasteiger partial charge is 0.469 e. The molecule has 10 heteroatoms. The molecule has 2 N–H and O–H groups in total. The van der Waals surface area contributed by atoms with Crippen LogP contribution in [-0.4, -0.2) is 27.4 Å². The number of halogens is 1. The second kappa shape index (κ2) is 10.4. The summed E-state index contributed by atoms with van der Waals surface area (Å²) in [6.07, 6.45) is -0.0892. The number of amides is 1. The molecule has 1 atom stereocenters. The first-order chi connectivity index (χ1) is 15.3. The third-order valence-corrected chi connectivity index (χ3v) is 7.32. The fraction of sp³-hybridized carbons (Fsp3) is 0.182. The van der Waals surface area contributed by atoms with Gasteiger partial charge in [-0.2, -0.15) is 0 Å². The molecule has 32 heavy (non-hydrogen) atoms. The Labute approximate surface area is 189 Å². The summed E-state index contributed by atoms with van der Waals surface area (Å²) in [5.74, 6) is -1.29. The highest BCUT2D eigenvalue weighted by molar-refractivity contribution is 7.94. The van der Waals surface area contributed by atoms with E-state index in [0.29, 0.717) is 16.8 Å². The summed E-state index contributed by atoms with van der Waals surface area (Å²) in [5, 5.41) is 4.44. The predicted octanol–water partition coefficient (Wildman–Crippen LogP) is 3.65.